The summed E-state index contributed by atoms with van der Waals surface area (Å²) in [6, 6.07) is 0. The number of hydrogen-bond donors (Lipinski definition) is 0. The van der Waals surface area contributed by atoms with Gasteiger partial charge in [0.1, 0.15) is 0 Å². The van der Waals surface area contributed by atoms with Gasteiger partial charge < -0.3 is 14.9 Å². The molecule has 0 spiro atoms. The number of rotatable bonds is 0. The molecule has 0 aliphatic carbocycles. The number of hydrogen-bond acceptors (Lipinski definition) is 0. The van der Waals surface area contributed by atoms with Gasteiger partial charge in [0.2, 0.25) is 0 Å². The average Bonchev–Trinajstić information content (AvgIpc) is 0.811. The molecule has 0 aliphatic heterocycles. The molecule has 0 saturated carbocycles. The molecule has 6 heavy (non-hydrogen) atoms. The van der Waals surface area contributed by atoms with Crippen molar-refractivity contribution < 1.29 is 0 Å². The van der Waals surface area contributed by atoms with Gasteiger partial charge in [0.05, 0.1) is 0 Å². The maximum Gasteiger partial charge on any atom is -0.0500 e. The fourth-order valence-corrected chi connectivity index (χ4v) is 0. The Morgan fingerprint density at radius 2 is 0.833 bits per heavy atom. The Morgan fingerprint density at radius 1 is 0.833 bits per heavy atom. The Morgan fingerprint density at radius 3 is 0.833 bits per heavy atom. The summed E-state index contributed by atoms with van der Waals surface area (Å²) in [4.78, 5) is 0. The van der Waals surface area contributed by atoms with Crippen LogP contribution in [0.2, 0.25) is 0 Å². The van der Waals surface area contributed by atoms with Crippen molar-refractivity contribution in [1.82, 2.24) is 0 Å². The summed E-state index contributed by atoms with van der Waals surface area (Å²) < 4.78 is 0. The Bertz CT molecular complexity index is 4.75. The maximum absolute atomic E-state index is 2.17. The van der Waals surface area contributed by atoms with E-state index < -0.39 is 0 Å². The van der Waals surface area contributed by atoms with Gasteiger partial charge in [-0.2, -0.15) is 0 Å². The van der Waals surface area contributed by atoms with E-state index in [0.717, 1.165) is 5.92 Å². The largest absolute Gasteiger partial charge is 0.358 e. The van der Waals surface area contributed by atoms with Crippen LogP contribution in [0.5, 0.6) is 0 Å². The zero-order valence-corrected chi connectivity index (χ0v) is 5.58. The third kappa shape index (κ3) is 0. The first-order valence-electron chi connectivity index (χ1n) is 1.73. The molecule has 0 nitrogen and oxygen atoms in total. The fraction of sp³-hybridized carbons (Fsp3) is 0.667. The summed E-state index contributed by atoms with van der Waals surface area (Å²) in [7, 11) is 0. The lowest BCUT2D eigenvalue weighted by Crippen LogP contribution is -1.66. The molecule has 0 N–H and O–H groups in total. The normalized spacial score (nSPS) is 6.00. The SMILES string of the molecule is CC(C)C.[CH3-].[CH3-]. The molecule has 0 saturated heterocycles. The third-order valence-electron chi connectivity index (χ3n) is 0. The molecule has 0 amide bonds. The summed E-state index contributed by atoms with van der Waals surface area (Å²) in [6.45, 7) is 6.50. The highest BCUT2D eigenvalue weighted by Gasteiger charge is 1.68. The van der Waals surface area contributed by atoms with Gasteiger partial charge >= 0.3 is 0 Å². The van der Waals surface area contributed by atoms with E-state index in [1.165, 1.54) is 0 Å². The van der Waals surface area contributed by atoms with Gasteiger partial charge in [-0.05, 0) is 5.92 Å². The van der Waals surface area contributed by atoms with Crippen molar-refractivity contribution in [3.05, 3.63) is 14.9 Å². The van der Waals surface area contributed by atoms with Gasteiger partial charge in [-0.25, -0.2) is 0 Å². The van der Waals surface area contributed by atoms with Crippen molar-refractivity contribution in [2.45, 2.75) is 20.8 Å². The predicted octanol–water partition coefficient (Wildman–Crippen LogP) is 2.56. The molecule has 42 valence electrons. The van der Waals surface area contributed by atoms with Gasteiger partial charge in [0.15, 0.2) is 0 Å². The lowest BCUT2D eigenvalue weighted by Gasteiger charge is -1.79. The van der Waals surface area contributed by atoms with Crippen molar-refractivity contribution >= 4 is 0 Å². The van der Waals surface area contributed by atoms with Gasteiger partial charge in [0, 0.05) is 0 Å². The third-order valence-corrected chi connectivity index (χ3v) is 0. The van der Waals surface area contributed by atoms with Gasteiger partial charge in [-0.3, -0.25) is 0 Å². The van der Waals surface area contributed by atoms with Crippen LogP contribution < -0.4 is 0 Å². The van der Waals surface area contributed by atoms with Crippen molar-refractivity contribution in [3.63, 3.8) is 0 Å². The molecule has 0 aromatic carbocycles. The minimum atomic E-state index is 0. The second-order valence-corrected chi connectivity index (χ2v) is 1.73. The lowest BCUT2D eigenvalue weighted by atomic mass is 10.3. The topological polar surface area (TPSA) is 0 Å². The Balaban J connectivity index is -0.0000000450. The summed E-state index contributed by atoms with van der Waals surface area (Å²) in [5.41, 5.74) is 0. The summed E-state index contributed by atoms with van der Waals surface area (Å²) in [6.07, 6.45) is 0. The molecule has 0 bridgehead atoms. The van der Waals surface area contributed by atoms with E-state index in [0.29, 0.717) is 0 Å². The average molecular weight is 88.2 g/mol. The van der Waals surface area contributed by atoms with E-state index in [2.05, 4.69) is 20.8 Å². The van der Waals surface area contributed by atoms with Crippen LogP contribution in [0.1, 0.15) is 20.8 Å². The molecule has 0 fully saturated rings. The van der Waals surface area contributed by atoms with E-state index in [1.54, 1.807) is 0 Å². The van der Waals surface area contributed by atoms with E-state index in [1.807, 2.05) is 0 Å². The van der Waals surface area contributed by atoms with Crippen LogP contribution >= 0.6 is 0 Å². The highest BCUT2D eigenvalue weighted by molar-refractivity contribution is 4.20. The predicted molar refractivity (Wildman–Crippen MR) is 33.3 cm³/mol. The molecule has 0 heteroatoms. The molecule has 0 unspecified atom stereocenters. The van der Waals surface area contributed by atoms with Crippen LogP contribution in [0.15, 0.2) is 0 Å². The minimum Gasteiger partial charge on any atom is -0.358 e. The van der Waals surface area contributed by atoms with E-state index >= 15 is 0 Å². The molecule has 0 radical (unpaired) electrons. The quantitative estimate of drug-likeness (QED) is 0.399. The monoisotopic (exact) mass is 88.1 g/mol. The Hall–Kier alpha value is 0. The van der Waals surface area contributed by atoms with Crippen molar-refractivity contribution in [2.75, 3.05) is 0 Å². The first-order valence-corrected chi connectivity index (χ1v) is 1.73. The van der Waals surface area contributed by atoms with Gasteiger partial charge in [-0.15, -0.1) is 0 Å². The van der Waals surface area contributed by atoms with Crippen LogP contribution in [0.4, 0.5) is 0 Å². The summed E-state index contributed by atoms with van der Waals surface area (Å²) >= 11 is 0. The van der Waals surface area contributed by atoms with E-state index in [-0.39, 0.29) is 14.9 Å². The smallest absolute Gasteiger partial charge is 0.0500 e. The first kappa shape index (κ1) is 16.7. The Labute approximate surface area is 42.6 Å². The maximum atomic E-state index is 2.17. The van der Waals surface area contributed by atoms with Crippen molar-refractivity contribution in [2.24, 2.45) is 5.92 Å². The van der Waals surface area contributed by atoms with Crippen LogP contribution in [-0.4, -0.2) is 0 Å². The fourth-order valence-electron chi connectivity index (χ4n) is 0. The second-order valence-electron chi connectivity index (χ2n) is 1.73. The summed E-state index contributed by atoms with van der Waals surface area (Å²) in [5, 5.41) is 0. The summed E-state index contributed by atoms with van der Waals surface area (Å²) in [5.74, 6) is 0.833. The highest BCUT2D eigenvalue weighted by Crippen LogP contribution is 1.81. The molecule has 0 atom stereocenters. The van der Waals surface area contributed by atoms with Crippen molar-refractivity contribution in [1.29, 1.82) is 0 Å². The molecular weight excluding hydrogens is 72.1 g/mol. The highest BCUT2D eigenvalue weighted by atomic mass is 13.7. The molecule has 0 heterocycles. The molecule has 0 aromatic rings. The zero-order chi connectivity index (χ0) is 3.58. The van der Waals surface area contributed by atoms with Crippen molar-refractivity contribution in [3.8, 4) is 0 Å². The second kappa shape index (κ2) is 8.89. The Kier molecular flexibility index (Phi) is 24.7. The first-order chi connectivity index (χ1) is 1.73. The molecule has 0 aliphatic rings. The van der Waals surface area contributed by atoms with Crippen LogP contribution in [0.25, 0.3) is 0 Å². The minimum absolute atomic E-state index is 0. The van der Waals surface area contributed by atoms with Gasteiger partial charge in [-0.1, -0.05) is 20.8 Å². The molecule has 0 aromatic heterocycles. The van der Waals surface area contributed by atoms with Crippen LogP contribution in [-0.2, 0) is 0 Å². The standard InChI is InChI=1S/C4H10.2CH3/c1-4(2)3;;/h4H,1-3H3;2*1H3/q;2*-1. The lowest BCUT2D eigenvalue weighted by molar-refractivity contribution is 0.737. The molecular formula is C6H16-2. The van der Waals surface area contributed by atoms with E-state index in [4.69, 9.17) is 0 Å². The van der Waals surface area contributed by atoms with Crippen LogP contribution in [0.3, 0.4) is 0 Å². The molecule has 0 rings (SSSR count). The van der Waals surface area contributed by atoms with Gasteiger partial charge in [0.25, 0.3) is 0 Å². The van der Waals surface area contributed by atoms with E-state index in [9.17, 15) is 0 Å². The van der Waals surface area contributed by atoms with Crippen LogP contribution in [0, 0.1) is 20.8 Å². The zero-order valence-electron chi connectivity index (χ0n) is 5.58.